The van der Waals surface area contributed by atoms with Crippen LogP contribution in [0, 0.1) is 13.8 Å². The molecule has 0 unspecified atom stereocenters. The summed E-state index contributed by atoms with van der Waals surface area (Å²) in [6, 6.07) is 0.870. The number of carboxylic acid groups (broad SMARTS) is 1. The van der Waals surface area contributed by atoms with Gasteiger partial charge in [0, 0.05) is 0 Å². The van der Waals surface area contributed by atoms with Crippen molar-refractivity contribution in [2.75, 3.05) is 0 Å². The smallest absolute Gasteiger partial charge is 0.309 e. The first kappa shape index (κ1) is 13.7. The summed E-state index contributed by atoms with van der Waals surface area (Å²) in [5.74, 6) is -1.37. The molecule has 0 saturated heterocycles. The number of hydrogen-bond acceptors (Lipinski definition) is 4. The van der Waals surface area contributed by atoms with Crippen LogP contribution >= 0.6 is 22.6 Å². The van der Waals surface area contributed by atoms with E-state index in [1.807, 2.05) is 0 Å². The number of nitrogens with zero attached hydrogens (tertiary/aromatic N) is 2. The quantitative estimate of drug-likeness (QED) is 0.385. The van der Waals surface area contributed by atoms with Gasteiger partial charge >= 0.3 is 5.97 Å². The molecule has 9 heteroatoms. The SMILES string of the molecule is O=C(O)Cc1nc(I)cc(C(F)F)c1[N+](=O)[O-]. The number of pyridine rings is 1. The molecule has 1 heterocycles. The van der Waals surface area contributed by atoms with Gasteiger partial charge < -0.3 is 5.11 Å². The van der Waals surface area contributed by atoms with Gasteiger partial charge in [-0.3, -0.25) is 14.9 Å². The summed E-state index contributed by atoms with van der Waals surface area (Å²) in [4.78, 5) is 23.7. The fourth-order valence-electron chi connectivity index (χ4n) is 1.22. The van der Waals surface area contributed by atoms with Gasteiger partial charge in [0.15, 0.2) is 0 Å². The fourth-order valence-corrected chi connectivity index (χ4v) is 1.85. The minimum Gasteiger partial charge on any atom is -0.481 e. The number of nitro groups is 1. The lowest BCUT2D eigenvalue weighted by atomic mass is 10.1. The molecule has 0 bridgehead atoms. The molecule has 1 N–H and O–H groups in total. The molecule has 1 aromatic rings. The third-order valence-electron chi connectivity index (χ3n) is 1.80. The third kappa shape index (κ3) is 3.28. The molecule has 0 spiro atoms. The number of aliphatic carboxylic acids is 1. The number of aromatic nitrogens is 1. The van der Waals surface area contributed by atoms with Crippen molar-refractivity contribution in [1.29, 1.82) is 0 Å². The summed E-state index contributed by atoms with van der Waals surface area (Å²) in [6.07, 6.45) is -3.83. The Morgan fingerprint density at radius 2 is 2.24 bits per heavy atom. The Morgan fingerprint density at radius 3 is 2.65 bits per heavy atom. The van der Waals surface area contributed by atoms with Gasteiger partial charge in [-0.2, -0.15) is 0 Å². The Bertz CT molecular complexity index is 481. The van der Waals surface area contributed by atoms with Gasteiger partial charge in [0.05, 0.1) is 16.9 Å². The van der Waals surface area contributed by atoms with Crippen LogP contribution in [0.3, 0.4) is 0 Å². The average Bonchev–Trinajstić information content (AvgIpc) is 2.14. The number of alkyl halides is 2. The number of rotatable bonds is 4. The van der Waals surface area contributed by atoms with Gasteiger partial charge in [0.1, 0.15) is 9.39 Å². The van der Waals surface area contributed by atoms with Crippen LogP contribution in [-0.2, 0) is 11.2 Å². The van der Waals surface area contributed by atoms with Gasteiger partial charge in [-0.15, -0.1) is 0 Å². The van der Waals surface area contributed by atoms with Gasteiger partial charge in [-0.05, 0) is 28.7 Å². The van der Waals surface area contributed by atoms with Gasteiger partial charge in [-0.25, -0.2) is 13.8 Å². The minimum absolute atomic E-state index is 0.0831. The van der Waals surface area contributed by atoms with Crippen LogP contribution in [0.25, 0.3) is 0 Å². The van der Waals surface area contributed by atoms with Crippen LogP contribution in [0.5, 0.6) is 0 Å². The van der Waals surface area contributed by atoms with E-state index in [2.05, 4.69) is 4.98 Å². The van der Waals surface area contributed by atoms with Gasteiger partial charge in [0.25, 0.3) is 12.1 Å². The summed E-state index contributed by atoms with van der Waals surface area (Å²) in [6.45, 7) is 0. The van der Waals surface area contributed by atoms with Crippen LogP contribution < -0.4 is 0 Å². The highest BCUT2D eigenvalue weighted by atomic mass is 127. The first-order chi connectivity index (χ1) is 7.82. The van der Waals surface area contributed by atoms with Crippen LogP contribution in [0.15, 0.2) is 6.07 Å². The van der Waals surface area contributed by atoms with E-state index in [-0.39, 0.29) is 3.70 Å². The van der Waals surface area contributed by atoms with Crippen LogP contribution in [0.2, 0.25) is 0 Å². The number of carbonyl (C=O) groups is 1. The maximum atomic E-state index is 12.6. The normalized spacial score (nSPS) is 10.6. The van der Waals surface area contributed by atoms with E-state index >= 15 is 0 Å². The standard InChI is InChI=1S/C8H5F2IN2O4/c9-8(10)3-1-5(11)12-4(2-6(14)15)7(3)13(16)17/h1,8H,2H2,(H,14,15). The molecule has 0 aliphatic rings. The molecule has 1 aromatic heterocycles. The number of halogens is 3. The summed E-state index contributed by atoms with van der Waals surface area (Å²) in [5.41, 5.74) is -2.21. The monoisotopic (exact) mass is 358 g/mol. The Balaban J connectivity index is 3.45. The van der Waals surface area contributed by atoms with Crippen molar-refractivity contribution < 1.29 is 23.6 Å². The predicted octanol–water partition coefficient (Wildman–Crippen LogP) is 2.16. The largest absolute Gasteiger partial charge is 0.481 e. The molecular weight excluding hydrogens is 353 g/mol. The molecule has 0 aliphatic heterocycles. The maximum Gasteiger partial charge on any atom is 0.309 e. The molecule has 17 heavy (non-hydrogen) atoms. The van der Waals surface area contributed by atoms with E-state index in [0.717, 1.165) is 6.07 Å². The molecule has 0 fully saturated rings. The lowest BCUT2D eigenvalue weighted by Gasteiger charge is -2.06. The summed E-state index contributed by atoms with van der Waals surface area (Å²) in [7, 11) is 0. The summed E-state index contributed by atoms with van der Waals surface area (Å²) >= 11 is 1.59. The van der Waals surface area contributed by atoms with E-state index in [4.69, 9.17) is 5.11 Å². The Labute approximate surface area is 107 Å². The van der Waals surface area contributed by atoms with Gasteiger partial charge in [-0.1, -0.05) is 0 Å². The Morgan fingerprint density at radius 1 is 1.65 bits per heavy atom. The average molecular weight is 358 g/mol. The zero-order chi connectivity index (χ0) is 13.2. The van der Waals surface area contributed by atoms with Crippen molar-refractivity contribution in [3.05, 3.63) is 31.1 Å². The molecule has 0 saturated carbocycles. The highest BCUT2D eigenvalue weighted by molar-refractivity contribution is 14.1. The van der Waals surface area contributed by atoms with Crippen LogP contribution in [-0.4, -0.2) is 21.0 Å². The van der Waals surface area contributed by atoms with E-state index in [1.54, 1.807) is 22.6 Å². The molecule has 0 amide bonds. The highest BCUT2D eigenvalue weighted by Crippen LogP contribution is 2.32. The Hall–Kier alpha value is -1.39. The van der Waals surface area contributed by atoms with Crippen molar-refractivity contribution in [2.45, 2.75) is 12.8 Å². The molecule has 0 aromatic carbocycles. The topological polar surface area (TPSA) is 93.3 Å². The first-order valence-electron chi connectivity index (χ1n) is 4.16. The van der Waals surface area contributed by atoms with E-state index in [9.17, 15) is 23.7 Å². The summed E-state index contributed by atoms with van der Waals surface area (Å²) in [5, 5.41) is 19.2. The van der Waals surface area contributed by atoms with E-state index in [1.165, 1.54) is 0 Å². The van der Waals surface area contributed by atoms with E-state index < -0.39 is 40.7 Å². The van der Waals surface area contributed by atoms with Crippen LogP contribution in [0.1, 0.15) is 17.7 Å². The first-order valence-corrected chi connectivity index (χ1v) is 5.24. The van der Waals surface area contributed by atoms with Crippen molar-refractivity contribution in [3.8, 4) is 0 Å². The second kappa shape index (κ2) is 5.29. The zero-order valence-corrected chi connectivity index (χ0v) is 10.2. The molecule has 0 radical (unpaired) electrons. The summed E-state index contributed by atoms with van der Waals surface area (Å²) < 4.78 is 25.3. The van der Waals surface area contributed by atoms with Crippen LogP contribution in [0.4, 0.5) is 14.5 Å². The fraction of sp³-hybridized carbons (Fsp3) is 0.250. The number of carboxylic acids is 1. The second-order valence-electron chi connectivity index (χ2n) is 2.96. The molecule has 1 rings (SSSR count). The molecule has 6 nitrogen and oxygen atoms in total. The molecular formula is C8H5F2IN2O4. The lowest BCUT2D eigenvalue weighted by Crippen LogP contribution is -2.10. The Kier molecular flexibility index (Phi) is 4.26. The second-order valence-corrected chi connectivity index (χ2v) is 4.06. The minimum atomic E-state index is -3.06. The van der Waals surface area contributed by atoms with Crippen molar-refractivity contribution in [3.63, 3.8) is 0 Å². The zero-order valence-electron chi connectivity index (χ0n) is 8.06. The maximum absolute atomic E-state index is 12.6. The lowest BCUT2D eigenvalue weighted by molar-refractivity contribution is -0.387. The van der Waals surface area contributed by atoms with E-state index in [0.29, 0.717) is 0 Å². The van der Waals surface area contributed by atoms with Crippen molar-refractivity contribution in [1.82, 2.24) is 4.98 Å². The highest BCUT2D eigenvalue weighted by Gasteiger charge is 2.28. The molecule has 92 valence electrons. The van der Waals surface area contributed by atoms with Gasteiger partial charge in [0.2, 0.25) is 0 Å². The van der Waals surface area contributed by atoms with Crippen molar-refractivity contribution in [2.24, 2.45) is 0 Å². The predicted molar refractivity (Wildman–Crippen MR) is 59.9 cm³/mol. The molecule has 0 aliphatic carbocycles. The molecule has 0 atom stereocenters. The number of hydrogen-bond donors (Lipinski definition) is 1. The third-order valence-corrected chi connectivity index (χ3v) is 2.35. The van der Waals surface area contributed by atoms with Crippen molar-refractivity contribution >= 4 is 34.2 Å².